The Kier molecular flexibility index (Phi) is 6.04. The second-order valence-electron chi connectivity index (χ2n) is 4.69. The number of carbonyl (C=O) groups is 2. The highest BCUT2D eigenvalue weighted by atomic mass is 35.5. The van der Waals surface area contributed by atoms with Crippen LogP contribution in [0.25, 0.3) is 0 Å². The lowest BCUT2D eigenvalue weighted by molar-refractivity contribution is -0.301. The maximum absolute atomic E-state index is 12.4. The van der Waals surface area contributed by atoms with E-state index in [1.807, 2.05) is 18.2 Å². The molecule has 0 saturated carbocycles. The fraction of sp³-hybridized carbons (Fsp3) is 0.176. The SMILES string of the molecule is O=C([O-])CS[C@H](CC(=O)c1ccccc1)c1ccccc1Cl. The number of Topliss-reactive ketones (excluding diaryl/α,β-unsaturated/α-hetero) is 1. The summed E-state index contributed by atoms with van der Waals surface area (Å²) < 4.78 is 0. The standard InChI is InChI=1S/C17H15ClO3S/c18-14-9-5-4-8-13(14)16(22-11-17(20)21)10-15(19)12-6-2-1-3-7-12/h1-9,16H,10-11H2,(H,20,21)/p-1/t16-/m1/s1. The molecular formula is C17H14ClO3S-. The molecule has 0 amide bonds. The molecule has 22 heavy (non-hydrogen) atoms. The Hall–Kier alpha value is -1.78. The summed E-state index contributed by atoms with van der Waals surface area (Å²) in [4.78, 5) is 23.1. The summed E-state index contributed by atoms with van der Waals surface area (Å²) in [7, 11) is 0. The molecule has 0 saturated heterocycles. The Morgan fingerprint density at radius 2 is 1.68 bits per heavy atom. The Morgan fingerprint density at radius 3 is 2.32 bits per heavy atom. The Morgan fingerprint density at radius 1 is 1.05 bits per heavy atom. The number of hydrogen-bond donors (Lipinski definition) is 0. The van der Waals surface area contributed by atoms with Crippen molar-refractivity contribution in [2.24, 2.45) is 0 Å². The Labute approximate surface area is 138 Å². The zero-order valence-electron chi connectivity index (χ0n) is 11.7. The minimum Gasteiger partial charge on any atom is -0.549 e. The van der Waals surface area contributed by atoms with Crippen LogP contribution in [-0.2, 0) is 4.79 Å². The highest BCUT2D eigenvalue weighted by Gasteiger charge is 2.19. The number of aliphatic carboxylic acids is 1. The Balaban J connectivity index is 2.19. The Bertz CT molecular complexity index is 658. The largest absolute Gasteiger partial charge is 0.549 e. The average molecular weight is 334 g/mol. The van der Waals surface area contributed by atoms with Gasteiger partial charge in [-0.1, -0.05) is 60.1 Å². The van der Waals surface area contributed by atoms with Crippen LogP contribution in [0.5, 0.6) is 0 Å². The molecule has 0 fully saturated rings. The average Bonchev–Trinajstić information content (AvgIpc) is 2.52. The van der Waals surface area contributed by atoms with E-state index in [1.165, 1.54) is 0 Å². The summed E-state index contributed by atoms with van der Waals surface area (Å²) in [6.07, 6.45) is 0.186. The number of thioether (sulfide) groups is 1. The van der Waals surface area contributed by atoms with Crippen molar-refractivity contribution in [2.45, 2.75) is 11.7 Å². The summed E-state index contributed by atoms with van der Waals surface area (Å²) >= 11 is 7.33. The van der Waals surface area contributed by atoms with E-state index in [-0.39, 0.29) is 23.2 Å². The molecule has 0 aliphatic heterocycles. The van der Waals surface area contributed by atoms with Crippen LogP contribution < -0.4 is 5.11 Å². The van der Waals surface area contributed by atoms with Crippen LogP contribution >= 0.6 is 23.4 Å². The molecular weight excluding hydrogens is 320 g/mol. The number of rotatable bonds is 7. The van der Waals surface area contributed by atoms with Crippen molar-refractivity contribution in [1.29, 1.82) is 0 Å². The summed E-state index contributed by atoms with van der Waals surface area (Å²) in [6.45, 7) is 0. The lowest BCUT2D eigenvalue weighted by atomic mass is 10.0. The molecule has 0 bridgehead atoms. The molecule has 2 aromatic rings. The van der Waals surface area contributed by atoms with Gasteiger partial charge in [-0.15, -0.1) is 11.8 Å². The van der Waals surface area contributed by atoms with Crippen LogP contribution in [0.15, 0.2) is 54.6 Å². The molecule has 114 valence electrons. The zero-order chi connectivity index (χ0) is 15.9. The molecule has 0 aliphatic carbocycles. The van der Waals surface area contributed by atoms with Crippen LogP contribution in [0.4, 0.5) is 0 Å². The predicted octanol–water partition coefficient (Wildman–Crippen LogP) is 3.14. The van der Waals surface area contributed by atoms with Crippen molar-refractivity contribution < 1.29 is 14.7 Å². The van der Waals surface area contributed by atoms with Gasteiger partial charge in [0.15, 0.2) is 5.78 Å². The molecule has 0 aromatic heterocycles. The summed E-state index contributed by atoms with van der Waals surface area (Å²) in [5.41, 5.74) is 1.37. The minimum atomic E-state index is -1.16. The molecule has 0 spiro atoms. The maximum atomic E-state index is 12.4. The number of hydrogen-bond acceptors (Lipinski definition) is 4. The van der Waals surface area contributed by atoms with Crippen molar-refractivity contribution >= 4 is 35.1 Å². The number of ketones is 1. The summed E-state index contributed by atoms with van der Waals surface area (Å²) in [5.74, 6) is -1.39. The molecule has 3 nitrogen and oxygen atoms in total. The highest BCUT2D eigenvalue weighted by molar-refractivity contribution is 8.00. The molecule has 0 aliphatic rings. The topological polar surface area (TPSA) is 57.2 Å². The smallest absolute Gasteiger partial charge is 0.164 e. The van der Waals surface area contributed by atoms with Gasteiger partial charge in [0.05, 0.1) is 5.97 Å². The van der Waals surface area contributed by atoms with Gasteiger partial charge in [0.1, 0.15) is 0 Å². The van der Waals surface area contributed by atoms with Crippen molar-refractivity contribution in [3.63, 3.8) is 0 Å². The van der Waals surface area contributed by atoms with Gasteiger partial charge < -0.3 is 9.90 Å². The molecule has 0 radical (unpaired) electrons. The third-order valence-electron chi connectivity index (χ3n) is 3.12. The predicted molar refractivity (Wildman–Crippen MR) is 87.0 cm³/mol. The van der Waals surface area contributed by atoms with Crippen LogP contribution in [0.2, 0.25) is 5.02 Å². The minimum absolute atomic E-state index is 0.0450. The first kappa shape index (κ1) is 16.6. The fourth-order valence-corrected chi connectivity index (χ4v) is 3.40. The molecule has 2 rings (SSSR count). The first-order valence-corrected chi connectivity index (χ1v) is 8.14. The molecule has 1 atom stereocenters. The van der Waals surface area contributed by atoms with Gasteiger partial charge in [0.25, 0.3) is 0 Å². The van der Waals surface area contributed by atoms with E-state index in [2.05, 4.69) is 0 Å². The number of carboxylic acids is 1. The third kappa shape index (κ3) is 4.61. The van der Waals surface area contributed by atoms with E-state index in [1.54, 1.807) is 36.4 Å². The van der Waals surface area contributed by atoms with Crippen LogP contribution in [0.1, 0.15) is 27.6 Å². The molecule has 0 heterocycles. The lowest BCUT2D eigenvalue weighted by Gasteiger charge is -2.18. The molecule has 0 unspecified atom stereocenters. The number of carboxylic acid groups (broad SMARTS) is 1. The van der Waals surface area contributed by atoms with E-state index in [0.29, 0.717) is 10.6 Å². The quantitative estimate of drug-likeness (QED) is 0.730. The first-order chi connectivity index (χ1) is 10.6. The van der Waals surface area contributed by atoms with E-state index >= 15 is 0 Å². The van der Waals surface area contributed by atoms with Crippen molar-refractivity contribution in [1.82, 2.24) is 0 Å². The van der Waals surface area contributed by atoms with Crippen LogP contribution in [0.3, 0.4) is 0 Å². The van der Waals surface area contributed by atoms with Gasteiger partial charge >= 0.3 is 0 Å². The molecule has 2 aromatic carbocycles. The zero-order valence-corrected chi connectivity index (χ0v) is 13.3. The van der Waals surface area contributed by atoms with Gasteiger partial charge in [-0.3, -0.25) is 4.79 Å². The summed E-state index contributed by atoms with van der Waals surface area (Å²) in [6, 6.07) is 16.1. The number of benzene rings is 2. The lowest BCUT2D eigenvalue weighted by Crippen LogP contribution is -2.25. The number of carbonyl (C=O) groups excluding carboxylic acids is 2. The fourth-order valence-electron chi connectivity index (χ4n) is 2.07. The van der Waals surface area contributed by atoms with Gasteiger partial charge in [0, 0.05) is 28.0 Å². The first-order valence-electron chi connectivity index (χ1n) is 6.72. The van der Waals surface area contributed by atoms with Gasteiger partial charge in [-0.25, -0.2) is 0 Å². The van der Waals surface area contributed by atoms with Crippen LogP contribution in [0, 0.1) is 0 Å². The molecule has 5 heteroatoms. The molecule has 0 N–H and O–H groups in total. The second kappa shape index (κ2) is 8.01. The second-order valence-corrected chi connectivity index (χ2v) is 6.28. The van der Waals surface area contributed by atoms with E-state index in [0.717, 1.165) is 17.3 Å². The van der Waals surface area contributed by atoms with Gasteiger partial charge in [-0.2, -0.15) is 0 Å². The van der Waals surface area contributed by atoms with Crippen molar-refractivity contribution in [2.75, 3.05) is 5.75 Å². The summed E-state index contributed by atoms with van der Waals surface area (Å²) in [5, 5.41) is 10.9. The third-order valence-corrected chi connectivity index (χ3v) is 4.69. The van der Waals surface area contributed by atoms with Crippen molar-refractivity contribution in [3.8, 4) is 0 Å². The highest BCUT2D eigenvalue weighted by Crippen LogP contribution is 2.36. The van der Waals surface area contributed by atoms with E-state index in [4.69, 9.17) is 11.6 Å². The monoisotopic (exact) mass is 333 g/mol. The maximum Gasteiger partial charge on any atom is 0.164 e. The van der Waals surface area contributed by atoms with E-state index in [9.17, 15) is 14.7 Å². The van der Waals surface area contributed by atoms with E-state index < -0.39 is 5.97 Å². The normalized spacial score (nSPS) is 11.9. The van der Waals surface area contributed by atoms with Crippen molar-refractivity contribution in [3.05, 3.63) is 70.7 Å². The number of halogens is 1. The van der Waals surface area contributed by atoms with Crippen LogP contribution in [-0.4, -0.2) is 17.5 Å². The van der Waals surface area contributed by atoms with Gasteiger partial charge in [0.2, 0.25) is 0 Å². The van der Waals surface area contributed by atoms with Gasteiger partial charge in [-0.05, 0) is 11.6 Å².